The summed E-state index contributed by atoms with van der Waals surface area (Å²) in [4.78, 5) is 16.4. The lowest BCUT2D eigenvalue weighted by Crippen LogP contribution is -2.35. The summed E-state index contributed by atoms with van der Waals surface area (Å²) in [7, 11) is 0. The van der Waals surface area contributed by atoms with Crippen LogP contribution in [0.25, 0.3) is 0 Å². The number of rotatable bonds is 2. The van der Waals surface area contributed by atoms with Gasteiger partial charge in [-0.25, -0.2) is 0 Å². The summed E-state index contributed by atoms with van der Waals surface area (Å²) in [5, 5.41) is 3.10. The maximum Gasteiger partial charge on any atom is 0.255 e. The molecule has 19 heavy (non-hydrogen) atoms. The van der Waals surface area contributed by atoms with E-state index >= 15 is 0 Å². The predicted molar refractivity (Wildman–Crippen MR) is 76.9 cm³/mol. The smallest absolute Gasteiger partial charge is 0.255 e. The molecule has 1 aromatic heterocycles. The van der Waals surface area contributed by atoms with Gasteiger partial charge in [0.1, 0.15) is 0 Å². The zero-order chi connectivity index (χ0) is 13.8. The van der Waals surface area contributed by atoms with Crippen LogP contribution in [-0.2, 0) is 0 Å². The molecular weight excluding hydrogens is 238 g/mol. The average molecular weight is 261 g/mol. The number of carbonyl (C=O) groups is 1. The number of anilines is 1. The second kappa shape index (κ2) is 6.04. The Labute approximate surface area is 114 Å². The topological polar surface area (TPSA) is 68.0 Å². The van der Waals surface area contributed by atoms with E-state index in [1.807, 2.05) is 6.92 Å². The zero-order valence-electron chi connectivity index (χ0n) is 11.8. The first kappa shape index (κ1) is 13.8. The molecule has 0 aromatic carbocycles. The van der Waals surface area contributed by atoms with Gasteiger partial charge in [-0.15, -0.1) is 0 Å². The van der Waals surface area contributed by atoms with E-state index < -0.39 is 0 Å². The Hall–Kier alpha value is -1.58. The Morgan fingerprint density at radius 2 is 2.16 bits per heavy atom. The summed E-state index contributed by atoms with van der Waals surface area (Å²) in [6.45, 7) is 4.15. The molecule has 104 valence electrons. The predicted octanol–water partition coefficient (Wildman–Crippen LogP) is 2.67. The van der Waals surface area contributed by atoms with Crippen molar-refractivity contribution >= 4 is 11.6 Å². The molecule has 4 nitrogen and oxygen atoms in total. The average Bonchev–Trinajstić information content (AvgIpc) is 2.54. The number of amides is 1. The molecule has 1 aromatic rings. The van der Waals surface area contributed by atoms with Crippen LogP contribution >= 0.6 is 0 Å². The highest BCUT2D eigenvalue weighted by molar-refractivity contribution is 5.98. The third-order valence-corrected chi connectivity index (χ3v) is 3.91. The Morgan fingerprint density at radius 1 is 1.37 bits per heavy atom. The van der Waals surface area contributed by atoms with Gasteiger partial charge in [0.25, 0.3) is 5.91 Å². The number of carbonyl (C=O) groups excluding carboxylic acids is 1. The number of nitrogen functional groups attached to an aromatic ring is 1. The Morgan fingerprint density at radius 3 is 2.89 bits per heavy atom. The lowest BCUT2D eigenvalue weighted by atomic mass is 10.0. The van der Waals surface area contributed by atoms with Crippen LogP contribution in [-0.4, -0.2) is 16.9 Å². The van der Waals surface area contributed by atoms with Gasteiger partial charge in [-0.3, -0.25) is 9.78 Å². The molecule has 1 saturated carbocycles. The lowest BCUT2D eigenvalue weighted by Gasteiger charge is -2.17. The van der Waals surface area contributed by atoms with Crippen molar-refractivity contribution in [1.82, 2.24) is 10.3 Å². The van der Waals surface area contributed by atoms with E-state index in [0.717, 1.165) is 24.5 Å². The second-order valence-corrected chi connectivity index (χ2v) is 5.70. The first-order valence-electron chi connectivity index (χ1n) is 7.09. The van der Waals surface area contributed by atoms with Crippen molar-refractivity contribution in [2.24, 2.45) is 5.92 Å². The fraction of sp³-hybridized carbons (Fsp3) is 0.600. The van der Waals surface area contributed by atoms with Crippen molar-refractivity contribution in [3.05, 3.63) is 23.5 Å². The zero-order valence-corrected chi connectivity index (χ0v) is 11.8. The van der Waals surface area contributed by atoms with Crippen LogP contribution in [0.2, 0.25) is 0 Å². The van der Waals surface area contributed by atoms with Crippen molar-refractivity contribution in [2.45, 2.75) is 52.0 Å². The van der Waals surface area contributed by atoms with Crippen LogP contribution < -0.4 is 11.1 Å². The molecule has 0 aliphatic heterocycles. The van der Waals surface area contributed by atoms with E-state index in [1.54, 1.807) is 12.3 Å². The molecule has 2 unspecified atom stereocenters. The van der Waals surface area contributed by atoms with Crippen LogP contribution in [0.1, 0.15) is 55.1 Å². The van der Waals surface area contributed by atoms with E-state index in [4.69, 9.17) is 5.73 Å². The van der Waals surface area contributed by atoms with Crippen LogP contribution in [0.3, 0.4) is 0 Å². The van der Waals surface area contributed by atoms with Crippen LogP contribution in [0, 0.1) is 12.8 Å². The monoisotopic (exact) mass is 261 g/mol. The molecule has 1 aliphatic rings. The highest BCUT2D eigenvalue weighted by atomic mass is 16.1. The van der Waals surface area contributed by atoms with E-state index in [-0.39, 0.29) is 11.9 Å². The lowest BCUT2D eigenvalue weighted by molar-refractivity contribution is 0.0933. The molecule has 0 spiro atoms. The van der Waals surface area contributed by atoms with Crippen LogP contribution in [0.5, 0.6) is 0 Å². The first-order chi connectivity index (χ1) is 9.06. The summed E-state index contributed by atoms with van der Waals surface area (Å²) >= 11 is 0. The van der Waals surface area contributed by atoms with Gasteiger partial charge in [-0.2, -0.15) is 0 Å². The van der Waals surface area contributed by atoms with E-state index in [0.29, 0.717) is 11.3 Å². The molecule has 4 heteroatoms. The Balaban J connectivity index is 2.00. The van der Waals surface area contributed by atoms with Gasteiger partial charge < -0.3 is 11.1 Å². The number of aryl methyl sites for hydroxylation is 1. The summed E-state index contributed by atoms with van der Waals surface area (Å²) in [5.74, 6) is 0.678. The van der Waals surface area contributed by atoms with Gasteiger partial charge in [0.05, 0.1) is 5.56 Å². The fourth-order valence-electron chi connectivity index (χ4n) is 2.67. The molecule has 2 atom stereocenters. The van der Waals surface area contributed by atoms with Crippen molar-refractivity contribution in [2.75, 3.05) is 5.73 Å². The highest BCUT2D eigenvalue weighted by Gasteiger charge is 2.19. The second-order valence-electron chi connectivity index (χ2n) is 5.70. The third-order valence-electron chi connectivity index (χ3n) is 3.91. The van der Waals surface area contributed by atoms with Gasteiger partial charge in [-0.1, -0.05) is 19.8 Å². The number of aromatic nitrogens is 1. The van der Waals surface area contributed by atoms with Gasteiger partial charge in [0.2, 0.25) is 0 Å². The quantitative estimate of drug-likeness (QED) is 0.804. The van der Waals surface area contributed by atoms with Gasteiger partial charge in [-0.05, 0) is 38.2 Å². The molecule has 2 rings (SSSR count). The number of pyridine rings is 1. The number of nitrogens with zero attached hydrogens (tertiary/aromatic N) is 1. The molecule has 0 bridgehead atoms. The Bertz CT molecular complexity index is 459. The Kier molecular flexibility index (Phi) is 4.40. The first-order valence-corrected chi connectivity index (χ1v) is 7.09. The normalized spacial score (nSPS) is 23.7. The molecule has 1 fully saturated rings. The van der Waals surface area contributed by atoms with Gasteiger partial charge in [0, 0.05) is 23.6 Å². The van der Waals surface area contributed by atoms with E-state index in [9.17, 15) is 4.79 Å². The summed E-state index contributed by atoms with van der Waals surface area (Å²) < 4.78 is 0. The molecule has 3 N–H and O–H groups in total. The molecule has 0 radical (unpaired) electrons. The van der Waals surface area contributed by atoms with Crippen molar-refractivity contribution < 1.29 is 4.79 Å². The molecular formula is C15H23N3O. The third kappa shape index (κ3) is 3.69. The number of nitrogens with one attached hydrogen (secondary N) is 1. The van der Waals surface area contributed by atoms with Gasteiger partial charge in [0.15, 0.2) is 0 Å². The van der Waals surface area contributed by atoms with E-state index in [2.05, 4.69) is 17.2 Å². The number of nitrogens with two attached hydrogens (primary N) is 1. The maximum atomic E-state index is 12.2. The minimum Gasteiger partial charge on any atom is -0.398 e. The minimum atomic E-state index is -0.0930. The molecule has 0 saturated heterocycles. The van der Waals surface area contributed by atoms with Crippen LogP contribution in [0.4, 0.5) is 5.69 Å². The molecule has 1 heterocycles. The van der Waals surface area contributed by atoms with E-state index in [1.165, 1.54) is 19.3 Å². The SMILES string of the molecule is Cc1cc(N)c(C(=O)NC2CCCC(C)CC2)cn1. The van der Waals surface area contributed by atoms with Crippen LogP contribution in [0.15, 0.2) is 12.3 Å². The fourth-order valence-corrected chi connectivity index (χ4v) is 2.67. The van der Waals surface area contributed by atoms with Crippen molar-refractivity contribution in [3.63, 3.8) is 0 Å². The summed E-state index contributed by atoms with van der Waals surface area (Å²) in [6.07, 6.45) is 7.33. The number of hydrogen-bond acceptors (Lipinski definition) is 3. The standard InChI is InChI=1S/C15H23N3O/c1-10-4-3-5-12(7-6-10)18-15(19)13-9-17-11(2)8-14(13)16/h8-10,12H,3-7H2,1-2H3,(H2,16,17)(H,18,19). The summed E-state index contributed by atoms with van der Waals surface area (Å²) in [6, 6.07) is 2.02. The largest absolute Gasteiger partial charge is 0.398 e. The maximum absolute atomic E-state index is 12.2. The minimum absolute atomic E-state index is 0.0930. The van der Waals surface area contributed by atoms with Crippen molar-refractivity contribution in [3.8, 4) is 0 Å². The van der Waals surface area contributed by atoms with Gasteiger partial charge >= 0.3 is 0 Å². The number of hydrogen-bond donors (Lipinski definition) is 2. The molecule has 1 amide bonds. The highest BCUT2D eigenvalue weighted by Crippen LogP contribution is 2.23. The molecule has 1 aliphatic carbocycles. The van der Waals surface area contributed by atoms with Crippen molar-refractivity contribution in [1.29, 1.82) is 0 Å². The summed E-state index contributed by atoms with van der Waals surface area (Å²) in [5.41, 5.74) is 7.71.